The second kappa shape index (κ2) is 12.4. The molecule has 0 saturated carbocycles. The van der Waals surface area contributed by atoms with Crippen LogP contribution in [0.3, 0.4) is 0 Å². The van der Waals surface area contributed by atoms with E-state index < -0.39 is 75.0 Å². The van der Waals surface area contributed by atoms with Crippen LogP contribution in [0.15, 0.2) is 42.5 Å². The van der Waals surface area contributed by atoms with Crippen LogP contribution in [0.4, 0.5) is 18.9 Å². The Kier molecular flexibility index (Phi) is 10.1. The van der Waals surface area contributed by atoms with Crippen LogP contribution < -0.4 is 4.31 Å². The molecule has 0 bridgehead atoms. The van der Waals surface area contributed by atoms with Crippen LogP contribution in [-0.2, 0) is 32.4 Å². The molecule has 1 atom stereocenters. The summed E-state index contributed by atoms with van der Waals surface area (Å²) in [6.45, 7) is -0.644. The maximum Gasteiger partial charge on any atom is 0.343 e. The summed E-state index contributed by atoms with van der Waals surface area (Å²) >= 11 is 2.90. The van der Waals surface area contributed by atoms with Gasteiger partial charge in [-0.3, -0.25) is 8.51 Å². The molecule has 0 N–H and O–H groups in total. The van der Waals surface area contributed by atoms with Gasteiger partial charge in [0, 0.05) is 24.2 Å². The first-order chi connectivity index (χ1) is 15.5. The lowest BCUT2D eigenvalue weighted by molar-refractivity contribution is 0.0467. The molecular weight excluding hydrogens is 507 g/mol. The van der Waals surface area contributed by atoms with Gasteiger partial charge in [-0.25, -0.2) is 26.4 Å². The molecule has 0 fully saturated rings. The van der Waals surface area contributed by atoms with Gasteiger partial charge in [0.15, 0.2) is 15.7 Å². The fourth-order valence-electron chi connectivity index (χ4n) is 2.79. The lowest BCUT2D eigenvalue weighted by Crippen LogP contribution is -2.30. The normalized spacial score (nSPS) is 12.5. The van der Waals surface area contributed by atoms with Gasteiger partial charge in [0.2, 0.25) is 6.43 Å². The SMILES string of the molecule is O=C(OCc1ccccc1)c1c(Cl)ccc(N(CCCS(=O)(=O)CCC(F)F)S(=O)[O-])c1F. The molecule has 13 heteroatoms. The zero-order valence-electron chi connectivity index (χ0n) is 17.1. The van der Waals surface area contributed by atoms with E-state index in [4.69, 9.17) is 16.3 Å². The van der Waals surface area contributed by atoms with E-state index >= 15 is 4.39 Å². The Balaban J connectivity index is 2.15. The third-order valence-corrected chi connectivity index (χ3v) is 7.22. The number of esters is 1. The lowest BCUT2D eigenvalue weighted by atomic mass is 10.1. The topological polar surface area (TPSA) is 104 Å². The van der Waals surface area contributed by atoms with Gasteiger partial charge >= 0.3 is 5.97 Å². The molecule has 0 radical (unpaired) electrons. The molecule has 7 nitrogen and oxygen atoms in total. The van der Waals surface area contributed by atoms with Crippen molar-refractivity contribution in [2.24, 2.45) is 0 Å². The standard InChI is InChI=1S/C20H21ClF3NO6S2/c21-15-7-8-16(19(24)18(15)20(26)31-13-14-5-2-1-3-6-14)25(32(27)28)10-4-11-33(29,30)12-9-17(22)23/h1-3,5-8,17H,4,9-13H2,(H,27,28)/p-1. The van der Waals surface area contributed by atoms with Crippen molar-refractivity contribution in [2.75, 3.05) is 22.4 Å². The van der Waals surface area contributed by atoms with E-state index in [1.165, 1.54) is 0 Å². The van der Waals surface area contributed by atoms with Crippen LogP contribution in [0.2, 0.25) is 5.02 Å². The van der Waals surface area contributed by atoms with Gasteiger partial charge in [-0.2, -0.15) is 0 Å². The molecule has 182 valence electrons. The summed E-state index contributed by atoms with van der Waals surface area (Å²) < 4.78 is 92.1. The Morgan fingerprint density at radius 1 is 1.15 bits per heavy atom. The van der Waals surface area contributed by atoms with E-state index in [-0.39, 0.29) is 18.1 Å². The van der Waals surface area contributed by atoms with Crippen molar-refractivity contribution < 1.29 is 39.9 Å². The third kappa shape index (κ3) is 8.29. The minimum absolute atomic E-state index is 0.173. The van der Waals surface area contributed by atoms with Crippen molar-refractivity contribution in [3.8, 4) is 0 Å². The average Bonchev–Trinajstić information content (AvgIpc) is 2.75. The zero-order chi connectivity index (χ0) is 24.6. The summed E-state index contributed by atoms with van der Waals surface area (Å²) in [5.74, 6) is -3.70. The quantitative estimate of drug-likeness (QED) is 0.307. The summed E-state index contributed by atoms with van der Waals surface area (Å²) in [5.41, 5.74) is -0.580. The van der Waals surface area contributed by atoms with Gasteiger partial charge in [0.1, 0.15) is 12.2 Å². The maximum absolute atomic E-state index is 15.1. The number of nitrogens with zero attached hydrogens (tertiary/aromatic N) is 1. The molecule has 33 heavy (non-hydrogen) atoms. The van der Waals surface area contributed by atoms with Gasteiger partial charge in [-0.05, 0) is 24.1 Å². The summed E-state index contributed by atoms with van der Waals surface area (Å²) in [6.07, 6.45) is -3.90. The van der Waals surface area contributed by atoms with Crippen molar-refractivity contribution in [3.05, 3.63) is 64.4 Å². The predicted octanol–water partition coefficient (Wildman–Crippen LogP) is 3.90. The minimum atomic E-state index is -3.85. The number of rotatable bonds is 12. The van der Waals surface area contributed by atoms with Crippen LogP contribution in [0.1, 0.15) is 28.8 Å². The van der Waals surface area contributed by atoms with E-state index in [2.05, 4.69) is 0 Å². The van der Waals surface area contributed by atoms with Crippen molar-refractivity contribution in [1.82, 2.24) is 0 Å². The van der Waals surface area contributed by atoms with Crippen LogP contribution in [0, 0.1) is 5.82 Å². The zero-order valence-corrected chi connectivity index (χ0v) is 19.5. The van der Waals surface area contributed by atoms with E-state index in [0.29, 0.717) is 9.87 Å². The predicted molar refractivity (Wildman–Crippen MR) is 117 cm³/mol. The Hall–Kier alpha value is -2.15. The number of carbonyl (C=O) groups is 1. The Morgan fingerprint density at radius 3 is 2.42 bits per heavy atom. The average molecular weight is 527 g/mol. The van der Waals surface area contributed by atoms with Gasteiger partial charge < -0.3 is 9.29 Å². The summed E-state index contributed by atoms with van der Waals surface area (Å²) in [6, 6.07) is 10.7. The van der Waals surface area contributed by atoms with Gasteiger partial charge in [-0.1, -0.05) is 41.9 Å². The molecule has 2 aromatic carbocycles. The molecule has 0 aromatic heterocycles. The highest BCUT2D eigenvalue weighted by molar-refractivity contribution is 7.91. The fourth-order valence-corrected chi connectivity index (χ4v) is 4.90. The molecule has 0 amide bonds. The number of halogens is 4. The summed E-state index contributed by atoms with van der Waals surface area (Å²) in [4.78, 5) is 12.4. The Bertz CT molecular complexity index is 1090. The van der Waals surface area contributed by atoms with Crippen molar-refractivity contribution >= 4 is 44.4 Å². The van der Waals surface area contributed by atoms with Gasteiger partial charge in [0.05, 0.1) is 22.2 Å². The highest BCUT2D eigenvalue weighted by Crippen LogP contribution is 2.30. The number of hydrogen-bond donors (Lipinski definition) is 0. The number of benzene rings is 2. The van der Waals surface area contributed by atoms with E-state index in [1.54, 1.807) is 30.3 Å². The first kappa shape index (κ1) is 27.1. The first-order valence-electron chi connectivity index (χ1n) is 9.56. The highest BCUT2D eigenvalue weighted by atomic mass is 35.5. The van der Waals surface area contributed by atoms with Crippen LogP contribution in [-0.4, -0.2) is 47.6 Å². The molecule has 2 rings (SSSR count). The molecule has 2 aromatic rings. The molecular formula is C20H20ClF3NO6S2-. The van der Waals surface area contributed by atoms with E-state index in [1.807, 2.05) is 0 Å². The van der Waals surface area contributed by atoms with Gasteiger partial charge in [-0.15, -0.1) is 0 Å². The molecule has 0 spiro atoms. The first-order valence-corrected chi connectivity index (χ1v) is 12.8. The van der Waals surface area contributed by atoms with Crippen molar-refractivity contribution in [1.29, 1.82) is 0 Å². The van der Waals surface area contributed by atoms with Crippen LogP contribution in [0.5, 0.6) is 0 Å². The van der Waals surface area contributed by atoms with Crippen molar-refractivity contribution in [3.63, 3.8) is 0 Å². The van der Waals surface area contributed by atoms with E-state index in [9.17, 15) is 30.8 Å². The van der Waals surface area contributed by atoms with Crippen LogP contribution >= 0.6 is 11.6 Å². The molecule has 0 aliphatic carbocycles. The van der Waals surface area contributed by atoms with Crippen LogP contribution in [0.25, 0.3) is 0 Å². The Labute approximate surface area is 196 Å². The minimum Gasteiger partial charge on any atom is -0.755 e. The largest absolute Gasteiger partial charge is 0.755 e. The molecule has 0 saturated heterocycles. The van der Waals surface area contributed by atoms with E-state index in [0.717, 1.165) is 12.1 Å². The summed E-state index contributed by atoms with van der Waals surface area (Å²) in [7, 11) is -3.85. The second-order valence-corrected chi connectivity index (χ2v) is 10.4. The van der Waals surface area contributed by atoms with Gasteiger partial charge in [0.25, 0.3) is 0 Å². The monoisotopic (exact) mass is 526 g/mol. The number of anilines is 1. The molecule has 0 aliphatic heterocycles. The van der Waals surface area contributed by atoms with Crippen molar-refractivity contribution in [2.45, 2.75) is 25.9 Å². The highest BCUT2D eigenvalue weighted by Gasteiger charge is 2.24. The lowest BCUT2D eigenvalue weighted by Gasteiger charge is -2.27. The second-order valence-electron chi connectivity index (χ2n) is 6.82. The molecule has 1 unspecified atom stereocenters. The number of alkyl halides is 2. The third-order valence-electron chi connectivity index (χ3n) is 4.40. The number of sulfone groups is 1. The smallest absolute Gasteiger partial charge is 0.343 e. The number of carbonyl (C=O) groups excluding carboxylic acids is 1. The Morgan fingerprint density at radius 2 is 1.82 bits per heavy atom. The molecule has 0 aliphatic rings. The summed E-state index contributed by atoms with van der Waals surface area (Å²) in [5, 5.41) is -0.305. The maximum atomic E-state index is 15.1. The number of hydrogen-bond acceptors (Lipinski definition) is 6. The fraction of sp³-hybridized carbons (Fsp3) is 0.350. The number of ether oxygens (including phenoxy) is 1. The molecule has 0 heterocycles.